The number of rotatable bonds is 5. The summed E-state index contributed by atoms with van der Waals surface area (Å²) >= 11 is 0. The maximum absolute atomic E-state index is 12.5. The van der Waals surface area contributed by atoms with Crippen LogP contribution in [0.2, 0.25) is 0 Å². The van der Waals surface area contributed by atoms with E-state index in [1.165, 1.54) is 0 Å². The highest BCUT2D eigenvalue weighted by atomic mass is 16.5. The number of benzene rings is 1. The van der Waals surface area contributed by atoms with Crippen LogP contribution in [0.15, 0.2) is 49.3 Å². The maximum atomic E-state index is 12.5. The molecule has 0 bridgehead atoms. The van der Waals surface area contributed by atoms with Crippen molar-refractivity contribution in [3.63, 3.8) is 0 Å². The molecule has 0 saturated heterocycles. The molecule has 1 aliphatic rings. The first kappa shape index (κ1) is 14.4. The van der Waals surface area contributed by atoms with Crippen molar-refractivity contribution >= 4 is 5.91 Å². The van der Waals surface area contributed by atoms with Gasteiger partial charge >= 0.3 is 0 Å². The fourth-order valence-corrected chi connectivity index (χ4v) is 2.68. The number of fused-ring (bicyclic) bond motifs is 1. The highest BCUT2D eigenvalue weighted by molar-refractivity contribution is 5.97. The summed E-state index contributed by atoms with van der Waals surface area (Å²) in [6, 6.07) is 7.38. The van der Waals surface area contributed by atoms with Gasteiger partial charge in [-0.05, 0) is 18.6 Å². The summed E-state index contributed by atoms with van der Waals surface area (Å²) in [5, 5.41) is 3.09. The smallest absolute Gasteiger partial charge is 0.255 e. The summed E-state index contributed by atoms with van der Waals surface area (Å²) in [6.45, 7) is 4.77. The van der Waals surface area contributed by atoms with E-state index in [4.69, 9.17) is 4.74 Å². The van der Waals surface area contributed by atoms with E-state index in [9.17, 15) is 4.79 Å². The number of amides is 1. The largest absolute Gasteiger partial charge is 0.489 e. The molecule has 114 valence electrons. The van der Waals surface area contributed by atoms with Crippen LogP contribution in [0, 0.1) is 0 Å². The summed E-state index contributed by atoms with van der Waals surface area (Å²) in [4.78, 5) is 16.8. The predicted octanol–water partition coefficient (Wildman–Crippen LogP) is 2.19. The topological polar surface area (TPSA) is 56.1 Å². The Labute approximate surface area is 129 Å². The molecule has 1 aliphatic heterocycles. The fraction of sp³-hybridized carbons (Fsp3) is 0.294. The number of aryl methyl sites for hydroxylation is 1. The number of hydrogen-bond donors (Lipinski definition) is 1. The van der Waals surface area contributed by atoms with Crippen LogP contribution in [0.3, 0.4) is 0 Å². The number of nitrogens with one attached hydrogen (secondary N) is 1. The van der Waals surface area contributed by atoms with Crippen LogP contribution in [-0.4, -0.2) is 28.1 Å². The number of carbonyl (C=O) groups is 1. The van der Waals surface area contributed by atoms with E-state index in [-0.39, 0.29) is 11.9 Å². The zero-order chi connectivity index (χ0) is 15.4. The van der Waals surface area contributed by atoms with Gasteiger partial charge < -0.3 is 14.6 Å². The molecule has 0 radical (unpaired) electrons. The van der Waals surface area contributed by atoms with Gasteiger partial charge in [-0.1, -0.05) is 24.8 Å². The molecular weight excluding hydrogens is 278 g/mol. The second-order valence-electron chi connectivity index (χ2n) is 5.30. The molecule has 0 saturated carbocycles. The molecule has 0 aliphatic carbocycles. The minimum atomic E-state index is -0.103. The molecule has 1 atom stereocenters. The average molecular weight is 297 g/mol. The van der Waals surface area contributed by atoms with Crippen LogP contribution in [0.5, 0.6) is 5.75 Å². The third kappa shape index (κ3) is 3.03. The van der Waals surface area contributed by atoms with Crippen LogP contribution in [0.25, 0.3) is 0 Å². The third-order valence-corrected chi connectivity index (χ3v) is 3.76. The van der Waals surface area contributed by atoms with Crippen LogP contribution < -0.4 is 10.1 Å². The van der Waals surface area contributed by atoms with Gasteiger partial charge in [0, 0.05) is 31.4 Å². The fourth-order valence-electron chi connectivity index (χ4n) is 2.68. The molecule has 1 aromatic heterocycles. The van der Waals surface area contributed by atoms with Gasteiger partial charge in [0.25, 0.3) is 5.91 Å². The van der Waals surface area contributed by atoms with E-state index in [0.29, 0.717) is 17.9 Å². The standard InChI is InChI=1S/C17H19N3O2/c1-2-11-22-15-6-4-3-5-14(15)17(21)19-13-7-8-16-18-9-10-20(16)12-13/h2-6,9-10,13H,1,7-8,11-12H2,(H,19,21)/t13-/m0/s1. The van der Waals surface area contributed by atoms with Crippen molar-refractivity contribution in [1.82, 2.24) is 14.9 Å². The lowest BCUT2D eigenvalue weighted by atomic mass is 10.1. The van der Waals surface area contributed by atoms with Crippen LogP contribution in [-0.2, 0) is 13.0 Å². The van der Waals surface area contributed by atoms with Gasteiger partial charge in [0.05, 0.1) is 5.56 Å². The van der Waals surface area contributed by atoms with Crippen molar-refractivity contribution in [3.05, 3.63) is 60.7 Å². The number of nitrogens with zero attached hydrogens (tertiary/aromatic N) is 2. The van der Waals surface area contributed by atoms with Crippen LogP contribution in [0.4, 0.5) is 0 Å². The Kier molecular flexibility index (Phi) is 4.23. The van der Waals surface area contributed by atoms with Crippen LogP contribution in [0.1, 0.15) is 22.6 Å². The monoisotopic (exact) mass is 297 g/mol. The average Bonchev–Trinajstić information content (AvgIpc) is 3.00. The van der Waals surface area contributed by atoms with E-state index in [0.717, 1.165) is 25.2 Å². The van der Waals surface area contributed by atoms with Gasteiger partial charge in [0.1, 0.15) is 18.2 Å². The first-order valence-electron chi connectivity index (χ1n) is 7.41. The molecule has 2 heterocycles. The number of imidazole rings is 1. The molecular formula is C17H19N3O2. The lowest BCUT2D eigenvalue weighted by Crippen LogP contribution is -2.41. The highest BCUT2D eigenvalue weighted by Gasteiger charge is 2.22. The molecule has 3 rings (SSSR count). The summed E-state index contributed by atoms with van der Waals surface area (Å²) in [5.74, 6) is 1.56. The molecule has 0 fully saturated rings. The van der Waals surface area contributed by atoms with Gasteiger partial charge in [-0.15, -0.1) is 0 Å². The highest BCUT2D eigenvalue weighted by Crippen LogP contribution is 2.19. The molecule has 0 spiro atoms. The lowest BCUT2D eigenvalue weighted by Gasteiger charge is -2.25. The Balaban J connectivity index is 1.69. The maximum Gasteiger partial charge on any atom is 0.255 e. The molecule has 1 aromatic carbocycles. The summed E-state index contributed by atoms with van der Waals surface area (Å²) in [7, 11) is 0. The second-order valence-corrected chi connectivity index (χ2v) is 5.30. The first-order chi connectivity index (χ1) is 10.8. The van der Waals surface area contributed by atoms with E-state index in [1.54, 1.807) is 24.4 Å². The Morgan fingerprint density at radius 3 is 3.23 bits per heavy atom. The van der Waals surface area contributed by atoms with E-state index in [2.05, 4.69) is 21.4 Å². The molecule has 5 nitrogen and oxygen atoms in total. The van der Waals surface area contributed by atoms with Gasteiger partial charge in [0.15, 0.2) is 0 Å². The van der Waals surface area contributed by atoms with Crippen molar-refractivity contribution in [1.29, 1.82) is 0 Å². The number of carbonyl (C=O) groups excluding carboxylic acids is 1. The molecule has 2 aromatic rings. The van der Waals surface area contributed by atoms with Crippen molar-refractivity contribution in [2.45, 2.75) is 25.4 Å². The summed E-state index contributed by atoms with van der Waals surface area (Å²) in [5.41, 5.74) is 0.556. The third-order valence-electron chi connectivity index (χ3n) is 3.76. The zero-order valence-electron chi connectivity index (χ0n) is 12.4. The predicted molar refractivity (Wildman–Crippen MR) is 83.9 cm³/mol. The van der Waals surface area contributed by atoms with Crippen molar-refractivity contribution in [3.8, 4) is 5.75 Å². The lowest BCUT2D eigenvalue weighted by molar-refractivity contribution is 0.0924. The quantitative estimate of drug-likeness (QED) is 0.861. The first-order valence-corrected chi connectivity index (χ1v) is 7.41. The molecule has 1 amide bonds. The molecule has 0 unspecified atom stereocenters. The van der Waals surface area contributed by atoms with Crippen LogP contribution >= 0.6 is 0 Å². The summed E-state index contributed by atoms with van der Waals surface area (Å²) in [6.07, 6.45) is 7.20. The minimum absolute atomic E-state index is 0.103. The van der Waals surface area contributed by atoms with E-state index >= 15 is 0 Å². The molecule has 1 N–H and O–H groups in total. The van der Waals surface area contributed by atoms with Crippen molar-refractivity contribution in [2.24, 2.45) is 0 Å². The van der Waals surface area contributed by atoms with E-state index in [1.807, 2.05) is 18.3 Å². The van der Waals surface area contributed by atoms with Gasteiger partial charge in [-0.25, -0.2) is 4.98 Å². The number of ether oxygens (including phenoxy) is 1. The SMILES string of the molecule is C=CCOc1ccccc1C(=O)N[C@H]1CCc2nccn2C1. The Morgan fingerprint density at radius 1 is 1.50 bits per heavy atom. The van der Waals surface area contributed by atoms with Gasteiger partial charge in [0.2, 0.25) is 0 Å². The van der Waals surface area contributed by atoms with Crippen molar-refractivity contribution in [2.75, 3.05) is 6.61 Å². The number of aromatic nitrogens is 2. The number of para-hydroxylation sites is 1. The zero-order valence-corrected chi connectivity index (χ0v) is 12.4. The van der Waals surface area contributed by atoms with Gasteiger partial charge in [-0.3, -0.25) is 4.79 Å². The van der Waals surface area contributed by atoms with E-state index < -0.39 is 0 Å². The minimum Gasteiger partial charge on any atom is -0.489 e. The van der Waals surface area contributed by atoms with Crippen molar-refractivity contribution < 1.29 is 9.53 Å². The Morgan fingerprint density at radius 2 is 2.36 bits per heavy atom. The second kappa shape index (κ2) is 6.47. The number of hydrogen-bond acceptors (Lipinski definition) is 3. The molecule has 5 heteroatoms. The Hall–Kier alpha value is -2.56. The molecule has 22 heavy (non-hydrogen) atoms. The summed E-state index contributed by atoms with van der Waals surface area (Å²) < 4.78 is 7.64. The Bertz CT molecular complexity index is 678. The normalized spacial score (nSPS) is 16.6. The van der Waals surface area contributed by atoms with Gasteiger partial charge in [-0.2, -0.15) is 0 Å².